The molecule has 0 radical (unpaired) electrons. The number of ether oxygens (including phenoxy) is 1. The predicted octanol–water partition coefficient (Wildman–Crippen LogP) is 3.34. The minimum atomic E-state index is -0.167. The van der Waals surface area contributed by atoms with Gasteiger partial charge < -0.3 is 10.1 Å². The van der Waals surface area contributed by atoms with Gasteiger partial charge in [0.2, 0.25) is 5.91 Å². The summed E-state index contributed by atoms with van der Waals surface area (Å²) in [5, 5.41) is 3.56. The molecule has 0 aliphatic heterocycles. The van der Waals surface area contributed by atoms with Crippen molar-refractivity contribution in [2.45, 2.75) is 0 Å². The smallest absolute Gasteiger partial charge is 0.238 e. The fourth-order valence-electron chi connectivity index (χ4n) is 1.87. The number of benzene rings is 1. The van der Waals surface area contributed by atoms with E-state index in [4.69, 9.17) is 27.9 Å². The molecule has 0 spiro atoms. The highest BCUT2D eigenvalue weighted by atomic mass is 35.5. The van der Waals surface area contributed by atoms with Gasteiger partial charge in [0.1, 0.15) is 12.4 Å². The van der Waals surface area contributed by atoms with E-state index in [1.54, 1.807) is 30.5 Å². The van der Waals surface area contributed by atoms with E-state index >= 15 is 0 Å². The predicted molar refractivity (Wildman–Crippen MR) is 92.3 cm³/mol. The van der Waals surface area contributed by atoms with Gasteiger partial charge in [0.05, 0.1) is 17.3 Å². The standard InChI is InChI=1S/C16H17Cl2N3O2/c1-21(9-10-23-14-7-3-2-5-12(14)17)11-15(22)20-13-6-4-8-19-16(13)18/h2-8H,9-11H2,1H3,(H,20,22). The van der Waals surface area contributed by atoms with Crippen molar-refractivity contribution < 1.29 is 9.53 Å². The molecule has 1 N–H and O–H groups in total. The Kier molecular flexibility index (Phi) is 6.65. The molecule has 0 fully saturated rings. The van der Waals surface area contributed by atoms with Crippen LogP contribution in [0, 0.1) is 0 Å². The van der Waals surface area contributed by atoms with Crippen LogP contribution in [0.25, 0.3) is 0 Å². The van der Waals surface area contributed by atoms with Crippen molar-refractivity contribution >= 4 is 34.8 Å². The van der Waals surface area contributed by atoms with Crippen molar-refractivity contribution in [1.82, 2.24) is 9.88 Å². The molecule has 2 aromatic rings. The topological polar surface area (TPSA) is 54.5 Å². The van der Waals surface area contributed by atoms with E-state index < -0.39 is 0 Å². The molecule has 2 rings (SSSR count). The summed E-state index contributed by atoms with van der Waals surface area (Å²) in [5.41, 5.74) is 0.500. The van der Waals surface area contributed by atoms with Gasteiger partial charge in [0, 0.05) is 12.7 Å². The number of hydrogen-bond donors (Lipinski definition) is 1. The summed E-state index contributed by atoms with van der Waals surface area (Å²) >= 11 is 11.9. The van der Waals surface area contributed by atoms with Crippen LogP contribution in [0.2, 0.25) is 10.2 Å². The number of hydrogen-bond acceptors (Lipinski definition) is 4. The van der Waals surface area contributed by atoms with E-state index in [1.807, 2.05) is 24.1 Å². The van der Waals surface area contributed by atoms with Crippen LogP contribution in [0.1, 0.15) is 0 Å². The third kappa shape index (κ3) is 5.71. The maximum absolute atomic E-state index is 12.0. The van der Waals surface area contributed by atoms with Crippen molar-refractivity contribution in [3.63, 3.8) is 0 Å². The molecule has 0 unspecified atom stereocenters. The highest BCUT2D eigenvalue weighted by Gasteiger charge is 2.09. The van der Waals surface area contributed by atoms with Crippen molar-refractivity contribution in [2.24, 2.45) is 0 Å². The fraction of sp³-hybridized carbons (Fsp3) is 0.250. The van der Waals surface area contributed by atoms with Crippen LogP contribution in [0.3, 0.4) is 0 Å². The molecule has 1 aromatic heterocycles. The van der Waals surface area contributed by atoms with E-state index in [1.165, 1.54) is 0 Å². The Balaban J connectivity index is 1.74. The van der Waals surface area contributed by atoms with Gasteiger partial charge >= 0.3 is 0 Å². The molecule has 1 aromatic carbocycles. The molecule has 0 saturated carbocycles. The molecule has 0 atom stereocenters. The first-order chi connectivity index (χ1) is 11.1. The highest BCUT2D eigenvalue weighted by Crippen LogP contribution is 2.22. The SMILES string of the molecule is CN(CCOc1ccccc1Cl)CC(=O)Nc1cccnc1Cl. The molecular formula is C16H17Cl2N3O2. The lowest BCUT2D eigenvalue weighted by Gasteiger charge is -2.17. The Labute approximate surface area is 145 Å². The minimum absolute atomic E-state index is 0.167. The number of nitrogens with one attached hydrogen (secondary N) is 1. The average molecular weight is 354 g/mol. The largest absolute Gasteiger partial charge is 0.491 e. The van der Waals surface area contributed by atoms with Gasteiger partial charge in [-0.25, -0.2) is 4.98 Å². The summed E-state index contributed by atoms with van der Waals surface area (Å²) in [4.78, 5) is 17.7. The zero-order chi connectivity index (χ0) is 16.7. The number of aromatic nitrogens is 1. The second kappa shape index (κ2) is 8.72. The third-order valence-corrected chi connectivity index (χ3v) is 3.63. The lowest BCUT2D eigenvalue weighted by atomic mass is 10.3. The highest BCUT2D eigenvalue weighted by molar-refractivity contribution is 6.32. The van der Waals surface area contributed by atoms with Crippen LogP contribution in [-0.4, -0.2) is 42.5 Å². The van der Waals surface area contributed by atoms with E-state index in [-0.39, 0.29) is 17.6 Å². The van der Waals surface area contributed by atoms with Gasteiger partial charge in [-0.1, -0.05) is 35.3 Å². The molecule has 0 aliphatic carbocycles. The molecule has 1 heterocycles. The second-order valence-corrected chi connectivity index (χ2v) is 5.67. The molecular weight excluding hydrogens is 337 g/mol. The van der Waals surface area contributed by atoms with Crippen molar-refractivity contribution in [3.05, 3.63) is 52.8 Å². The van der Waals surface area contributed by atoms with Crippen LogP contribution >= 0.6 is 23.2 Å². The monoisotopic (exact) mass is 353 g/mol. The zero-order valence-electron chi connectivity index (χ0n) is 12.6. The van der Waals surface area contributed by atoms with Gasteiger partial charge in [-0.2, -0.15) is 0 Å². The lowest BCUT2D eigenvalue weighted by molar-refractivity contribution is -0.117. The van der Waals surface area contributed by atoms with E-state index in [0.29, 0.717) is 29.6 Å². The van der Waals surface area contributed by atoms with Crippen molar-refractivity contribution in [1.29, 1.82) is 0 Å². The number of nitrogens with zero attached hydrogens (tertiary/aromatic N) is 2. The summed E-state index contributed by atoms with van der Waals surface area (Å²) in [6.07, 6.45) is 1.57. The summed E-state index contributed by atoms with van der Waals surface area (Å²) in [6.45, 7) is 1.23. The van der Waals surface area contributed by atoms with Crippen LogP contribution in [-0.2, 0) is 4.79 Å². The van der Waals surface area contributed by atoms with Crippen LogP contribution in [0.5, 0.6) is 5.75 Å². The first-order valence-electron chi connectivity index (χ1n) is 7.02. The minimum Gasteiger partial charge on any atom is -0.491 e. The number of carbonyl (C=O) groups excluding carboxylic acids is 1. The normalized spacial score (nSPS) is 10.6. The quantitative estimate of drug-likeness (QED) is 0.775. The number of anilines is 1. The number of amides is 1. The summed E-state index contributed by atoms with van der Waals surface area (Å²) in [7, 11) is 1.83. The van der Waals surface area contributed by atoms with E-state index in [0.717, 1.165) is 0 Å². The third-order valence-electron chi connectivity index (χ3n) is 3.01. The lowest BCUT2D eigenvalue weighted by Crippen LogP contribution is -2.33. The number of carbonyl (C=O) groups is 1. The Bertz CT molecular complexity index is 667. The molecule has 1 amide bonds. The fourth-order valence-corrected chi connectivity index (χ4v) is 2.22. The summed E-state index contributed by atoms with van der Waals surface area (Å²) in [6, 6.07) is 10.7. The Morgan fingerprint density at radius 1 is 1.26 bits per heavy atom. The Hall–Kier alpha value is -1.82. The van der Waals surface area contributed by atoms with Gasteiger partial charge in [-0.15, -0.1) is 0 Å². The first-order valence-corrected chi connectivity index (χ1v) is 7.78. The van der Waals surface area contributed by atoms with Crippen molar-refractivity contribution in [2.75, 3.05) is 32.1 Å². The molecule has 7 heteroatoms. The maximum Gasteiger partial charge on any atom is 0.238 e. The van der Waals surface area contributed by atoms with Gasteiger partial charge in [-0.05, 0) is 31.3 Å². The number of rotatable bonds is 7. The number of halogens is 2. The summed E-state index contributed by atoms with van der Waals surface area (Å²) in [5.74, 6) is 0.467. The van der Waals surface area contributed by atoms with Gasteiger partial charge in [0.15, 0.2) is 5.15 Å². The molecule has 122 valence electrons. The zero-order valence-corrected chi connectivity index (χ0v) is 14.1. The van der Waals surface area contributed by atoms with Crippen LogP contribution < -0.4 is 10.1 Å². The first kappa shape index (κ1) is 17.5. The molecule has 23 heavy (non-hydrogen) atoms. The van der Waals surface area contributed by atoms with Gasteiger partial charge in [0.25, 0.3) is 0 Å². The Morgan fingerprint density at radius 3 is 2.78 bits per heavy atom. The van der Waals surface area contributed by atoms with E-state index in [2.05, 4.69) is 10.3 Å². The number of para-hydroxylation sites is 1. The second-order valence-electron chi connectivity index (χ2n) is 4.91. The molecule has 0 aliphatic rings. The van der Waals surface area contributed by atoms with Crippen molar-refractivity contribution in [3.8, 4) is 5.75 Å². The molecule has 0 bridgehead atoms. The Morgan fingerprint density at radius 2 is 2.04 bits per heavy atom. The summed E-state index contributed by atoms with van der Waals surface area (Å²) < 4.78 is 5.59. The molecule has 5 nitrogen and oxygen atoms in total. The van der Waals surface area contributed by atoms with Gasteiger partial charge in [-0.3, -0.25) is 9.69 Å². The average Bonchev–Trinajstić information content (AvgIpc) is 2.51. The number of pyridine rings is 1. The molecule has 0 saturated heterocycles. The van der Waals surface area contributed by atoms with Crippen LogP contribution in [0.15, 0.2) is 42.6 Å². The van der Waals surface area contributed by atoms with Crippen LogP contribution in [0.4, 0.5) is 5.69 Å². The van der Waals surface area contributed by atoms with E-state index in [9.17, 15) is 4.79 Å². The number of likely N-dealkylation sites (N-methyl/N-ethyl adjacent to an activating group) is 1. The maximum atomic E-state index is 12.0.